The van der Waals surface area contributed by atoms with Gasteiger partial charge in [0.05, 0.1) is 32.1 Å². The first-order chi connectivity index (χ1) is 11.7. The van der Waals surface area contributed by atoms with Crippen LogP contribution in [0.3, 0.4) is 0 Å². The van der Waals surface area contributed by atoms with Crippen molar-refractivity contribution >= 4 is 0 Å². The number of aryl methyl sites for hydroxylation is 1. The molecule has 0 saturated carbocycles. The molecule has 0 N–H and O–H groups in total. The maximum Gasteiger partial charge on any atom is 0.230 e. The number of benzene rings is 1. The Morgan fingerprint density at radius 1 is 1.17 bits per heavy atom. The van der Waals surface area contributed by atoms with Gasteiger partial charge in [0, 0.05) is 26.2 Å². The maximum absolute atomic E-state index is 5.91. The van der Waals surface area contributed by atoms with Crippen LogP contribution in [0.4, 0.5) is 0 Å². The van der Waals surface area contributed by atoms with E-state index in [0.717, 1.165) is 62.0 Å². The fourth-order valence-corrected chi connectivity index (χ4v) is 2.84. The van der Waals surface area contributed by atoms with E-state index in [1.165, 1.54) is 0 Å². The van der Waals surface area contributed by atoms with E-state index >= 15 is 0 Å². The number of hydrogen-bond donors (Lipinski definition) is 0. The van der Waals surface area contributed by atoms with E-state index in [9.17, 15) is 0 Å². The third kappa shape index (κ3) is 3.71. The average molecular weight is 332 g/mol. The highest BCUT2D eigenvalue weighted by Gasteiger charge is 2.19. The predicted octanol–water partition coefficient (Wildman–Crippen LogP) is 2.89. The Labute approximate surface area is 142 Å². The van der Waals surface area contributed by atoms with Crippen LogP contribution in [0, 0.1) is 6.92 Å². The topological polar surface area (TPSA) is 57.0 Å². The molecule has 6 heteroatoms. The van der Waals surface area contributed by atoms with Crippen LogP contribution >= 0.6 is 0 Å². The minimum atomic E-state index is 0.560. The number of methoxy groups -OCH3 is 2. The quantitative estimate of drug-likeness (QED) is 0.839. The summed E-state index contributed by atoms with van der Waals surface area (Å²) in [7, 11) is 3.28. The summed E-state index contributed by atoms with van der Waals surface area (Å²) in [6.45, 7) is 6.26. The lowest BCUT2D eigenvalue weighted by Crippen LogP contribution is -2.26. The van der Waals surface area contributed by atoms with Gasteiger partial charge in [0.25, 0.3) is 0 Å². The molecule has 1 aliphatic rings. The highest BCUT2D eigenvalue weighted by Crippen LogP contribution is 2.34. The largest absolute Gasteiger partial charge is 0.497 e. The molecule has 2 heterocycles. The molecule has 0 atom stereocenters. The average Bonchev–Trinajstić information content (AvgIpc) is 2.80. The molecule has 1 saturated heterocycles. The Morgan fingerprint density at radius 2 is 2.04 bits per heavy atom. The molecule has 1 aromatic heterocycles. The van der Waals surface area contributed by atoms with Crippen molar-refractivity contribution in [1.82, 2.24) is 9.88 Å². The lowest BCUT2D eigenvalue weighted by Gasteiger charge is -2.17. The minimum Gasteiger partial charge on any atom is -0.497 e. The van der Waals surface area contributed by atoms with Crippen molar-refractivity contribution in [2.75, 3.05) is 40.5 Å². The lowest BCUT2D eigenvalue weighted by atomic mass is 10.2. The second-order valence-electron chi connectivity index (χ2n) is 5.83. The number of hydrogen-bond acceptors (Lipinski definition) is 6. The number of rotatable bonds is 5. The molecule has 0 aliphatic carbocycles. The summed E-state index contributed by atoms with van der Waals surface area (Å²) in [4.78, 5) is 7.06. The van der Waals surface area contributed by atoms with E-state index in [0.29, 0.717) is 11.6 Å². The zero-order chi connectivity index (χ0) is 16.9. The highest BCUT2D eigenvalue weighted by atomic mass is 16.5. The Hall–Kier alpha value is -2.05. The van der Waals surface area contributed by atoms with Crippen LogP contribution in [0.15, 0.2) is 22.6 Å². The van der Waals surface area contributed by atoms with Crippen LogP contribution in [0.5, 0.6) is 11.5 Å². The van der Waals surface area contributed by atoms with Gasteiger partial charge in [0.15, 0.2) is 0 Å². The molecule has 130 valence electrons. The van der Waals surface area contributed by atoms with E-state index in [1.54, 1.807) is 14.2 Å². The van der Waals surface area contributed by atoms with Crippen molar-refractivity contribution in [3.05, 3.63) is 29.7 Å². The number of oxazole rings is 1. The Morgan fingerprint density at radius 3 is 2.83 bits per heavy atom. The fourth-order valence-electron chi connectivity index (χ4n) is 2.84. The summed E-state index contributed by atoms with van der Waals surface area (Å²) < 4.78 is 22.2. The first-order valence-corrected chi connectivity index (χ1v) is 8.20. The van der Waals surface area contributed by atoms with Crippen LogP contribution in [0.2, 0.25) is 0 Å². The second-order valence-corrected chi connectivity index (χ2v) is 5.83. The Balaban J connectivity index is 1.85. The number of nitrogens with zero attached hydrogens (tertiary/aromatic N) is 2. The second kappa shape index (κ2) is 7.68. The summed E-state index contributed by atoms with van der Waals surface area (Å²) in [6, 6.07) is 5.60. The molecule has 0 unspecified atom stereocenters. The molecule has 2 aromatic rings. The van der Waals surface area contributed by atoms with Crippen molar-refractivity contribution in [2.24, 2.45) is 0 Å². The summed E-state index contributed by atoms with van der Waals surface area (Å²) in [5.74, 6) is 2.85. The Kier molecular flexibility index (Phi) is 5.37. The normalized spacial score (nSPS) is 16.0. The highest BCUT2D eigenvalue weighted by molar-refractivity contribution is 5.65. The molecule has 1 aromatic carbocycles. The summed E-state index contributed by atoms with van der Waals surface area (Å²) in [6.07, 6.45) is 1.05. The van der Waals surface area contributed by atoms with Gasteiger partial charge < -0.3 is 18.6 Å². The van der Waals surface area contributed by atoms with Gasteiger partial charge in [-0.05, 0) is 31.5 Å². The van der Waals surface area contributed by atoms with Gasteiger partial charge in [-0.2, -0.15) is 0 Å². The van der Waals surface area contributed by atoms with Gasteiger partial charge in [-0.25, -0.2) is 4.98 Å². The van der Waals surface area contributed by atoms with Gasteiger partial charge >= 0.3 is 0 Å². The van der Waals surface area contributed by atoms with Crippen molar-refractivity contribution in [3.63, 3.8) is 0 Å². The van der Waals surface area contributed by atoms with Crippen molar-refractivity contribution < 1.29 is 18.6 Å². The van der Waals surface area contributed by atoms with Crippen molar-refractivity contribution in [2.45, 2.75) is 19.9 Å². The molecule has 0 amide bonds. The van der Waals surface area contributed by atoms with Crippen molar-refractivity contribution in [3.8, 4) is 23.0 Å². The minimum absolute atomic E-state index is 0.560. The molecule has 0 bridgehead atoms. The summed E-state index contributed by atoms with van der Waals surface area (Å²) in [5.41, 5.74) is 1.75. The van der Waals surface area contributed by atoms with Gasteiger partial charge in [0.2, 0.25) is 5.89 Å². The van der Waals surface area contributed by atoms with Crippen molar-refractivity contribution in [1.29, 1.82) is 0 Å². The molecule has 3 rings (SSSR count). The van der Waals surface area contributed by atoms with Gasteiger partial charge in [-0.15, -0.1) is 0 Å². The van der Waals surface area contributed by atoms with Gasteiger partial charge in [-0.3, -0.25) is 4.90 Å². The molecule has 1 aliphatic heterocycles. The van der Waals surface area contributed by atoms with Gasteiger partial charge in [-0.1, -0.05) is 0 Å². The van der Waals surface area contributed by atoms with Crippen LogP contribution in [0.1, 0.15) is 17.9 Å². The van der Waals surface area contributed by atoms with Crippen LogP contribution in [0.25, 0.3) is 11.5 Å². The van der Waals surface area contributed by atoms with Gasteiger partial charge in [0.1, 0.15) is 17.3 Å². The fraction of sp³-hybridized carbons (Fsp3) is 0.500. The van der Waals surface area contributed by atoms with E-state index in [4.69, 9.17) is 23.6 Å². The van der Waals surface area contributed by atoms with Crippen LogP contribution in [-0.4, -0.2) is 50.4 Å². The van der Waals surface area contributed by atoms with E-state index < -0.39 is 0 Å². The van der Waals surface area contributed by atoms with Crippen LogP contribution < -0.4 is 9.47 Å². The lowest BCUT2D eigenvalue weighted by molar-refractivity contribution is 0.140. The molecule has 24 heavy (non-hydrogen) atoms. The molecule has 1 fully saturated rings. The third-order valence-electron chi connectivity index (χ3n) is 4.22. The monoisotopic (exact) mass is 332 g/mol. The third-order valence-corrected chi connectivity index (χ3v) is 4.22. The number of aromatic nitrogens is 1. The Bertz CT molecular complexity index is 676. The summed E-state index contributed by atoms with van der Waals surface area (Å²) >= 11 is 0. The standard InChI is InChI=1S/C18H24N2O4/c1-13-16(12-20-7-4-9-23-10-8-20)19-18(24-13)15-11-14(21-2)5-6-17(15)22-3/h5-6,11H,4,7-10,12H2,1-3H3. The molecule has 6 nitrogen and oxygen atoms in total. The molecular formula is C18H24N2O4. The number of ether oxygens (including phenoxy) is 3. The zero-order valence-corrected chi connectivity index (χ0v) is 14.5. The molecule has 0 radical (unpaired) electrons. The van der Waals surface area contributed by atoms with Crippen LogP contribution in [-0.2, 0) is 11.3 Å². The SMILES string of the molecule is COc1ccc(OC)c(-c2nc(CN3CCCOCC3)c(C)o2)c1. The smallest absolute Gasteiger partial charge is 0.230 e. The van der Waals surface area contributed by atoms with E-state index in [2.05, 4.69) is 4.90 Å². The molecular weight excluding hydrogens is 308 g/mol. The van der Waals surface area contributed by atoms with E-state index in [1.807, 2.05) is 25.1 Å². The zero-order valence-electron chi connectivity index (χ0n) is 14.5. The first kappa shape index (κ1) is 16.8. The van der Waals surface area contributed by atoms with E-state index in [-0.39, 0.29) is 0 Å². The molecule has 0 spiro atoms. The summed E-state index contributed by atoms with van der Waals surface area (Å²) in [5, 5.41) is 0. The maximum atomic E-state index is 5.91. The first-order valence-electron chi connectivity index (χ1n) is 8.20. The predicted molar refractivity (Wildman–Crippen MR) is 90.5 cm³/mol.